The Hall–Kier alpha value is -1.35. The van der Waals surface area contributed by atoms with Gasteiger partial charge in [0.25, 0.3) is 0 Å². The number of nitrogens with one attached hydrogen (secondary N) is 1. The molecule has 1 aromatic rings. The van der Waals surface area contributed by atoms with E-state index < -0.39 is 6.10 Å². The van der Waals surface area contributed by atoms with Crippen LogP contribution in [0.3, 0.4) is 0 Å². The van der Waals surface area contributed by atoms with E-state index in [-0.39, 0.29) is 11.8 Å². The molecule has 1 amide bonds. The Morgan fingerprint density at radius 3 is 2.89 bits per heavy atom. The number of aryl methyl sites for hydroxylation is 1. The monoisotopic (exact) mass is 261 g/mol. The third-order valence-corrected chi connectivity index (χ3v) is 3.85. The SMILES string of the molecule is CCCC(O)CNC(=O)C1CCc2ccccc2C1. The molecule has 1 aliphatic carbocycles. The fourth-order valence-electron chi connectivity index (χ4n) is 2.72. The molecular weight excluding hydrogens is 238 g/mol. The summed E-state index contributed by atoms with van der Waals surface area (Å²) in [6.45, 7) is 2.41. The van der Waals surface area contributed by atoms with Gasteiger partial charge in [-0.05, 0) is 36.8 Å². The molecule has 19 heavy (non-hydrogen) atoms. The second-order valence-electron chi connectivity index (χ2n) is 5.40. The molecule has 0 spiro atoms. The number of hydrogen-bond donors (Lipinski definition) is 2. The second-order valence-corrected chi connectivity index (χ2v) is 5.40. The van der Waals surface area contributed by atoms with Crippen LogP contribution < -0.4 is 5.32 Å². The van der Waals surface area contributed by atoms with E-state index in [0.717, 1.165) is 32.1 Å². The van der Waals surface area contributed by atoms with E-state index in [1.165, 1.54) is 11.1 Å². The highest BCUT2D eigenvalue weighted by atomic mass is 16.3. The Labute approximate surface area is 115 Å². The van der Waals surface area contributed by atoms with Crippen LogP contribution in [0.4, 0.5) is 0 Å². The van der Waals surface area contributed by atoms with Gasteiger partial charge in [0.15, 0.2) is 0 Å². The molecule has 104 valence electrons. The van der Waals surface area contributed by atoms with Crippen molar-refractivity contribution in [2.45, 2.75) is 45.1 Å². The summed E-state index contributed by atoms with van der Waals surface area (Å²) in [5, 5.41) is 12.5. The van der Waals surface area contributed by atoms with Crippen molar-refractivity contribution in [2.75, 3.05) is 6.54 Å². The van der Waals surface area contributed by atoms with Crippen LogP contribution in [0, 0.1) is 5.92 Å². The third kappa shape index (κ3) is 3.80. The maximum atomic E-state index is 12.1. The number of benzene rings is 1. The fourth-order valence-corrected chi connectivity index (χ4v) is 2.72. The average molecular weight is 261 g/mol. The first-order valence-corrected chi connectivity index (χ1v) is 7.23. The van der Waals surface area contributed by atoms with E-state index in [1.54, 1.807) is 0 Å². The van der Waals surface area contributed by atoms with Gasteiger partial charge in [0.05, 0.1) is 6.10 Å². The molecule has 1 aromatic carbocycles. The first kappa shape index (κ1) is 14.1. The summed E-state index contributed by atoms with van der Waals surface area (Å²) in [4.78, 5) is 12.1. The number of aliphatic hydroxyl groups excluding tert-OH is 1. The molecule has 0 saturated heterocycles. The summed E-state index contributed by atoms with van der Waals surface area (Å²) in [5.41, 5.74) is 2.67. The molecule has 0 bridgehead atoms. The fraction of sp³-hybridized carbons (Fsp3) is 0.562. The van der Waals surface area contributed by atoms with Crippen molar-refractivity contribution < 1.29 is 9.90 Å². The average Bonchev–Trinajstić information content (AvgIpc) is 2.44. The summed E-state index contributed by atoms with van der Waals surface area (Å²) in [7, 11) is 0. The summed E-state index contributed by atoms with van der Waals surface area (Å²) in [6.07, 6.45) is 3.98. The molecular formula is C16H23NO2. The predicted octanol–water partition coefficient (Wildman–Crippen LogP) is 2.07. The Balaban J connectivity index is 1.85. The quantitative estimate of drug-likeness (QED) is 0.852. The molecule has 0 radical (unpaired) electrons. The van der Waals surface area contributed by atoms with Gasteiger partial charge in [-0.1, -0.05) is 37.6 Å². The minimum absolute atomic E-state index is 0.0590. The van der Waals surface area contributed by atoms with Gasteiger partial charge < -0.3 is 10.4 Å². The van der Waals surface area contributed by atoms with Gasteiger partial charge in [-0.3, -0.25) is 4.79 Å². The molecule has 2 atom stereocenters. The smallest absolute Gasteiger partial charge is 0.223 e. The van der Waals surface area contributed by atoms with Gasteiger partial charge in [0, 0.05) is 12.5 Å². The zero-order valence-corrected chi connectivity index (χ0v) is 11.6. The third-order valence-electron chi connectivity index (χ3n) is 3.85. The molecule has 2 N–H and O–H groups in total. The highest BCUT2D eigenvalue weighted by Gasteiger charge is 2.24. The van der Waals surface area contributed by atoms with E-state index in [0.29, 0.717) is 6.54 Å². The lowest BCUT2D eigenvalue weighted by Gasteiger charge is -2.24. The molecule has 0 saturated carbocycles. The molecule has 2 rings (SSSR count). The lowest BCUT2D eigenvalue weighted by Crippen LogP contribution is -2.38. The van der Waals surface area contributed by atoms with Crippen molar-refractivity contribution in [3.63, 3.8) is 0 Å². The first-order chi connectivity index (χ1) is 9.20. The number of fused-ring (bicyclic) bond motifs is 1. The number of hydrogen-bond acceptors (Lipinski definition) is 2. The highest BCUT2D eigenvalue weighted by molar-refractivity contribution is 5.79. The molecule has 3 nitrogen and oxygen atoms in total. The van der Waals surface area contributed by atoms with Gasteiger partial charge in [-0.25, -0.2) is 0 Å². The standard InChI is InChI=1S/C16H23NO2/c1-2-5-15(18)11-17-16(19)14-9-8-12-6-3-4-7-13(12)10-14/h3-4,6-7,14-15,18H,2,5,8-11H2,1H3,(H,17,19). The van der Waals surface area contributed by atoms with Crippen LogP contribution in [0.25, 0.3) is 0 Å². The summed E-state index contributed by atoms with van der Waals surface area (Å²) in [5.74, 6) is 0.147. The minimum atomic E-state index is -0.412. The molecule has 2 unspecified atom stereocenters. The maximum Gasteiger partial charge on any atom is 0.223 e. The van der Waals surface area contributed by atoms with Crippen molar-refractivity contribution in [2.24, 2.45) is 5.92 Å². The summed E-state index contributed by atoms with van der Waals surface area (Å²) < 4.78 is 0. The van der Waals surface area contributed by atoms with E-state index in [9.17, 15) is 9.90 Å². The van der Waals surface area contributed by atoms with Crippen LogP contribution >= 0.6 is 0 Å². The van der Waals surface area contributed by atoms with Crippen molar-refractivity contribution in [3.05, 3.63) is 35.4 Å². The maximum absolute atomic E-state index is 12.1. The Morgan fingerprint density at radius 2 is 2.16 bits per heavy atom. The summed E-state index contributed by atoms with van der Waals surface area (Å²) >= 11 is 0. The highest BCUT2D eigenvalue weighted by Crippen LogP contribution is 2.25. The molecule has 0 aliphatic heterocycles. The normalized spacial score (nSPS) is 19.6. The van der Waals surface area contributed by atoms with E-state index in [1.807, 2.05) is 13.0 Å². The van der Waals surface area contributed by atoms with Gasteiger partial charge in [-0.2, -0.15) is 0 Å². The zero-order valence-electron chi connectivity index (χ0n) is 11.6. The largest absolute Gasteiger partial charge is 0.391 e. The van der Waals surface area contributed by atoms with Crippen LogP contribution in [-0.2, 0) is 17.6 Å². The predicted molar refractivity (Wildman–Crippen MR) is 75.9 cm³/mol. The molecule has 0 fully saturated rings. The van der Waals surface area contributed by atoms with Gasteiger partial charge in [0.2, 0.25) is 5.91 Å². The van der Waals surface area contributed by atoms with Crippen molar-refractivity contribution in [3.8, 4) is 0 Å². The molecule has 0 aromatic heterocycles. The Bertz CT molecular complexity index is 431. The molecule has 0 heterocycles. The topological polar surface area (TPSA) is 49.3 Å². The number of rotatable bonds is 5. The van der Waals surface area contributed by atoms with E-state index >= 15 is 0 Å². The number of aliphatic hydroxyl groups is 1. The summed E-state index contributed by atoms with van der Waals surface area (Å²) in [6, 6.07) is 8.35. The zero-order chi connectivity index (χ0) is 13.7. The van der Waals surface area contributed by atoms with Gasteiger partial charge >= 0.3 is 0 Å². The number of amides is 1. The van der Waals surface area contributed by atoms with Crippen LogP contribution in [0.1, 0.15) is 37.3 Å². The lowest BCUT2D eigenvalue weighted by atomic mass is 9.83. The van der Waals surface area contributed by atoms with Crippen LogP contribution in [0.5, 0.6) is 0 Å². The number of carbonyl (C=O) groups is 1. The van der Waals surface area contributed by atoms with Gasteiger partial charge in [-0.15, -0.1) is 0 Å². The van der Waals surface area contributed by atoms with Crippen LogP contribution in [0.2, 0.25) is 0 Å². The molecule has 3 heteroatoms. The van der Waals surface area contributed by atoms with E-state index in [2.05, 4.69) is 23.5 Å². The van der Waals surface area contributed by atoms with Crippen LogP contribution in [-0.4, -0.2) is 23.7 Å². The second kappa shape index (κ2) is 6.71. The lowest BCUT2D eigenvalue weighted by molar-refractivity contribution is -0.125. The van der Waals surface area contributed by atoms with Crippen LogP contribution in [0.15, 0.2) is 24.3 Å². The van der Waals surface area contributed by atoms with Crippen molar-refractivity contribution in [1.82, 2.24) is 5.32 Å². The Morgan fingerprint density at radius 1 is 1.42 bits per heavy atom. The van der Waals surface area contributed by atoms with Crippen molar-refractivity contribution >= 4 is 5.91 Å². The Kier molecular flexibility index (Phi) is 4.97. The first-order valence-electron chi connectivity index (χ1n) is 7.23. The molecule has 1 aliphatic rings. The van der Waals surface area contributed by atoms with E-state index in [4.69, 9.17) is 0 Å². The minimum Gasteiger partial charge on any atom is -0.391 e. The van der Waals surface area contributed by atoms with Gasteiger partial charge in [0.1, 0.15) is 0 Å². The number of carbonyl (C=O) groups excluding carboxylic acids is 1. The van der Waals surface area contributed by atoms with Crippen molar-refractivity contribution in [1.29, 1.82) is 0 Å².